The fourth-order valence-corrected chi connectivity index (χ4v) is 4.77. The first-order valence-electron chi connectivity index (χ1n) is 9.57. The normalized spacial score (nSPS) is 18.4. The number of nitrogens with zero attached hydrogens (tertiary/aromatic N) is 2. The predicted molar refractivity (Wildman–Crippen MR) is 112 cm³/mol. The summed E-state index contributed by atoms with van der Waals surface area (Å²) in [6.07, 6.45) is 1.96. The van der Waals surface area contributed by atoms with Crippen molar-refractivity contribution in [3.8, 4) is 0 Å². The van der Waals surface area contributed by atoms with E-state index in [4.69, 9.17) is 4.98 Å². The lowest BCUT2D eigenvalue weighted by Gasteiger charge is -2.32. The standard InChI is InChI=1S/C22H25N3OS/c1-15-10-11-19-20(13-15)27-22(24-19)25-12-6-9-18(14-25)21(26)23-16(2)17-7-4-3-5-8-17/h3-5,7-8,10-11,13,16,18H,6,9,12,14H2,1-2H3,(H,23,26). The van der Waals surface area contributed by atoms with Crippen LogP contribution >= 0.6 is 11.3 Å². The van der Waals surface area contributed by atoms with Crippen LogP contribution in [-0.2, 0) is 4.79 Å². The van der Waals surface area contributed by atoms with Crippen LogP contribution in [0.15, 0.2) is 48.5 Å². The van der Waals surface area contributed by atoms with E-state index in [0.29, 0.717) is 0 Å². The molecule has 0 bridgehead atoms. The van der Waals surface area contributed by atoms with Crippen LogP contribution in [0.4, 0.5) is 5.13 Å². The lowest BCUT2D eigenvalue weighted by Crippen LogP contribution is -2.43. The second-order valence-corrected chi connectivity index (χ2v) is 8.40. The molecule has 140 valence electrons. The maximum Gasteiger partial charge on any atom is 0.225 e. The van der Waals surface area contributed by atoms with Crippen molar-refractivity contribution in [1.82, 2.24) is 10.3 Å². The first kappa shape index (κ1) is 18.0. The molecular weight excluding hydrogens is 354 g/mol. The van der Waals surface area contributed by atoms with Gasteiger partial charge in [0.05, 0.1) is 22.2 Å². The van der Waals surface area contributed by atoms with E-state index in [1.807, 2.05) is 25.1 Å². The fourth-order valence-electron chi connectivity index (χ4n) is 3.68. The van der Waals surface area contributed by atoms with Crippen molar-refractivity contribution >= 4 is 32.6 Å². The van der Waals surface area contributed by atoms with Gasteiger partial charge in [-0.15, -0.1) is 0 Å². The summed E-state index contributed by atoms with van der Waals surface area (Å²) in [4.78, 5) is 19.9. The third-order valence-corrected chi connectivity index (χ3v) is 6.33. The molecule has 0 aliphatic carbocycles. The van der Waals surface area contributed by atoms with Gasteiger partial charge in [0.25, 0.3) is 0 Å². The Morgan fingerprint density at radius 2 is 2.07 bits per heavy atom. The number of benzene rings is 2. The minimum atomic E-state index is 0.0126. The molecular formula is C22H25N3OS. The van der Waals surface area contributed by atoms with Gasteiger partial charge >= 0.3 is 0 Å². The van der Waals surface area contributed by atoms with Crippen LogP contribution in [0.2, 0.25) is 0 Å². The molecule has 1 fully saturated rings. The zero-order valence-electron chi connectivity index (χ0n) is 15.8. The number of amides is 1. The van der Waals surface area contributed by atoms with Crippen LogP contribution in [0, 0.1) is 12.8 Å². The number of aryl methyl sites for hydroxylation is 1. The summed E-state index contributed by atoms with van der Waals surface area (Å²) in [5, 5.41) is 4.22. The van der Waals surface area contributed by atoms with Crippen LogP contribution < -0.4 is 10.2 Å². The molecule has 0 saturated carbocycles. The van der Waals surface area contributed by atoms with E-state index in [1.165, 1.54) is 10.3 Å². The number of carbonyl (C=O) groups excluding carboxylic acids is 1. The number of hydrogen-bond donors (Lipinski definition) is 1. The third kappa shape index (κ3) is 3.98. The zero-order valence-corrected chi connectivity index (χ0v) is 16.6. The highest BCUT2D eigenvalue weighted by atomic mass is 32.1. The maximum absolute atomic E-state index is 12.8. The average Bonchev–Trinajstić information content (AvgIpc) is 3.12. The van der Waals surface area contributed by atoms with Crippen molar-refractivity contribution in [3.63, 3.8) is 0 Å². The fraction of sp³-hybridized carbons (Fsp3) is 0.364. The van der Waals surface area contributed by atoms with Gasteiger partial charge in [0.2, 0.25) is 5.91 Å². The molecule has 0 spiro atoms. The van der Waals surface area contributed by atoms with Gasteiger partial charge in [-0.2, -0.15) is 0 Å². The summed E-state index contributed by atoms with van der Waals surface area (Å²) in [5.74, 6) is 0.159. The quantitative estimate of drug-likeness (QED) is 0.715. The largest absolute Gasteiger partial charge is 0.349 e. The number of hydrogen-bond acceptors (Lipinski definition) is 4. The second-order valence-electron chi connectivity index (χ2n) is 7.39. The average molecular weight is 380 g/mol. The Morgan fingerprint density at radius 1 is 1.26 bits per heavy atom. The highest BCUT2D eigenvalue weighted by Gasteiger charge is 2.28. The highest BCUT2D eigenvalue weighted by Crippen LogP contribution is 2.32. The lowest BCUT2D eigenvalue weighted by atomic mass is 9.96. The molecule has 4 nitrogen and oxygen atoms in total. The number of piperidine rings is 1. The molecule has 1 aliphatic rings. The molecule has 1 saturated heterocycles. The number of carbonyl (C=O) groups is 1. The topological polar surface area (TPSA) is 45.2 Å². The minimum Gasteiger partial charge on any atom is -0.349 e. The predicted octanol–water partition coefficient (Wildman–Crippen LogP) is 4.70. The lowest BCUT2D eigenvalue weighted by molar-refractivity contribution is -0.125. The summed E-state index contributed by atoms with van der Waals surface area (Å²) in [6.45, 7) is 5.86. The van der Waals surface area contributed by atoms with Crippen LogP contribution in [0.25, 0.3) is 10.2 Å². The Bertz CT molecular complexity index is 937. The third-order valence-electron chi connectivity index (χ3n) is 5.25. The summed E-state index contributed by atoms with van der Waals surface area (Å²) in [7, 11) is 0. The van der Waals surface area contributed by atoms with E-state index in [2.05, 4.69) is 47.5 Å². The van der Waals surface area contributed by atoms with Crippen molar-refractivity contribution in [2.45, 2.75) is 32.7 Å². The van der Waals surface area contributed by atoms with Gasteiger partial charge in [-0.05, 0) is 49.9 Å². The van der Waals surface area contributed by atoms with Crippen molar-refractivity contribution in [1.29, 1.82) is 0 Å². The molecule has 1 amide bonds. The second kappa shape index (κ2) is 7.69. The number of nitrogens with one attached hydrogen (secondary N) is 1. The Labute approximate surface area is 164 Å². The summed E-state index contributed by atoms with van der Waals surface area (Å²) >= 11 is 1.73. The van der Waals surface area contributed by atoms with Crippen LogP contribution in [-0.4, -0.2) is 24.0 Å². The zero-order chi connectivity index (χ0) is 18.8. The van der Waals surface area contributed by atoms with E-state index < -0.39 is 0 Å². The van der Waals surface area contributed by atoms with Gasteiger partial charge in [0.1, 0.15) is 0 Å². The van der Waals surface area contributed by atoms with Crippen LogP contribution in [0.5, 0.6) is 0 Å². The smallest absolute Gasteiger partial charge is 0.225 e. The van der Waals surface area contributed by atoms with Crippen LogP contribution in [0.3, 0.4) is 0 Å². The molecule has 1 aliphatic heterocycles. The van der Waals surface area contributed by atoms with Crippen molar-refractivity contribution in [3.05, 3.63) is 59.7 Å². The minimum absolute atomic E-state index is 0.0126. The molecule has 27 heavy (non-hydrogen) atoms. The van der Waals surface area contributed by atoms with Gasteiger partial charge in [-0.3, -0.25) is 4.79 Å². The summed E-state index contributed by atoms with van der Waals surface area (Å²) in [5.41, 5.74) is 3.44. The molecule has 0 radical (unpaired) electrons. The maximum atomic E-state index is 12.8. The van der Waals surface area contributed by atoms with Crippen LogP contribution in [0.1, 0.15) is 36.9 Å². The van der Waals surface area contributed by atoms with Crippen molar-refractivity contribution < 1.29 is 4.79 Å². The summed E-state index contributed by atoms with van der Waals surface area (Å²) < 4.78 is 1.22. The molecule has 2 aromatic carbocycles. The van der Waals surface area contributed by atoms with Gasteiger partial charge in [-0.1, -0.05) is 47.7 Å². The number of thiazole rings is 1. The number of aromatic nitrogens is 1. The van der Waals surface area contributed by atoms with E-state index in [9.17, 15) is 4.79 Å². The monoisotopic (exact) mass is 379 g/mol. The Hall–Kier alpha value is -2.40. The van der Waals surface area contributed by atoms with Crippen molar-refractivity contribution in [2.24, 2.45) is 5.92 Å². The Balaban J connectivity index is 1.44. The number of anilines is 1. The Morgan fingerprint density at radius 3 is 2.89 bits per heavy atom. The molecule has 1 N–H and O–H groups in total. The molecule has 2 unspecified atom stereocenters. The molecule has 5 heteroatoms. The van der Waals surface area contributed by atoms with E-state index in [-0.39, 0.29) is 17.9 Å². The van der Waals surface area contributed by atoms with E-state index in [1.54, 1.807) is 11.3 Å². The van der Waals surface area contributed by atoms with Gasteiger partial charge < -0.3 is 10.2 Å². The first-order valence-corrected chi connectivity index (χ1v) is 10.4. The molecule has 2 atom stereocenters. The summed E-state index contributed by atoms with van der Waals surface area (Å²) in [6, 6.07) is 16.5. The molecule has 4 rings (SSSR count). The molecule has 3 aromatic rings. The van der Waals surface area contributed by atoms with Gasteiger partial charge in [0, 0.05) is 13.1 Å². The van der Waals surface area contributed by atoms with Gasteiger partial charge in [0.15, 0.2) is 5.13 Å². The van der Waals surface area contributed by atoms with E-state index in [0.717, 1.165) is 42.1 Å². The molecule has 2 heterocycles. The number of rotatable bonds is 4. The Kier molecular flexibility index (Phi) is 5.12. The van der Waals surface area contributed by atoms with E-state index >= 15 is 0 Å². The molecule has 1 aromatic heterocycles. The SMILES string of the molecule is Cc1ccc2nc(N3CCCC(C(=O)NC(C)c4ccccc4)C3)sc2c1. The van der Waals surface area contributed by atoms with Crippen molar-refractivity contribution in [2.75, 3.05) is 18.0 Å². The highest BCUT2D eigenvalue weighted by molar-refractivity contribution is 7.22. The first-order chi connectivity index (χ1) is 13.1. The van der Waals surface area contributed by atoms with Gasteiger partial charge in [-0.25, -0.2) is 4.98 Å². The number of fused-ring (bicyclic) bond motifs is 1.